The molecule has 0 saturated heterocycles. The van der Waals surface area contributed by atoms with Crippen molar-refractivity contribution in [2.24, 2.45) is 0 Å². The van der Waals surface area contributed by atoms with Gasteiger partial charge in [0, 0.05) is 29.2 Å². The third-order valence-electron chi connectivity index (χ3n) is 5.34. The molecule has 31 heavy (non-hydrogen) atoms. The molecule has 2 aromatic carbocycles. The molecular weight excluding hydrogens is 403 g/mol. The van der Waals surface area contributed by atoms with Gasteiger partial charge in [-0.2, -0.15) is 0 Å². The van der Waals surface area contributed by atoms with Crippen LogP contribution in [0.15, 0.2) is 36.5 Å². The number of imide groups is 1. The van der Waals surface area contributed by atoms with Crippen LogP contribution in [0.2, 0.25) is 0 Å². The Hall–Kier alpha value is -3.81. The van der Waals surface area contributed by atoms with E-state index in [1.807, 2.05) is 11.5 Å². The first kappa shape index (κ1) is 20.5. The minimum Gasteiger partial charge on any atom is -0.493 e. The van der Waals surface area contributed by atoms with Gasteiger partial charge in [-0.25, -0.2) is 4.39 Å². The van der Waals surface area contributed by atoms with Crippen molar-refractivity contribution in [3.8, 4) is 17.2 Å². The Labute approximate surface area is 178 Å². The van der Waals surface area contributed by atoms with Crippen molar-refractivity contribution in [1.29, 1.82) is 0 Å². The van der Waals surface area contributed by atoms with Crippen molar-refractivity contribution >= 4 is 33.9 Å². The summed E-state index contributed by atoms with van der Waals surface area (Å²) in [6.45, 7) is 2.56. The van der Waals surface area contributed by atoms with E-state index in [1.54, 1.807) is 24.4 Å². The summed E-state index contributed by atoms with van der Waals surface area (Å²) in [5.41, 5.74) is 1.98. The molecule has 3 aromatic rings. The van der Waals surface area contributed by atoms with E-state index in [0.717, 1.165) is 5.52 Å². The number of carbonyl (C=O) groups excluding carboxylic acids is 2. The first-order valence-electron chi connectivity index (χ1n) is 9.62. The maximum absolute atomic E-state index is 14.1. The Morgan fingerprint density at radius 1 is 0.935 bits per heavy atom. The maximum atomic E-state index is 14.1. The van der Waals surface area contributed by atoms with E-state index < -0.39 is 17.6 Å². The highest BCUT2D eigenvalue weighted by Crippen LogP contribution is 2.43. The van der Waals surface area contributed by atoms with Crippen molar-refractivity contribution in [2.45, 2.75) is 13.5 Å². The lowest BCUT2D eigenvalue weighted by atomic mass is 9.95. The smallest absolute Gasteiger partial charge is 0.259 e. The second-order valence-electron chi connectivity index (χ2n) is 6.94. The summed E-state index contributed by atoms with van der Waals surface area (Å²) in [4.78, 5) is 25.7. The molecule has 0 bridgehead atoms. The fourth-order valence-corrected chi connectivity index (χ4v) is 3.94. The average molecular weight is 424 g/mol. The summed E-state index contributed by atoms with van der Waals surface area (Å²) in [7, 11) is 4.41. The zero-order valence-corrected chi connectivity index (χ0v) is 17.5. The molecule has 2 amide bonds. The van der Waals surface area contributed by atoms with Gasteiger partial charge in [0.05, 0.1) is 32.5 Å². The molecule has 160 valence electrons. The standard InChI is InChI=1S/C23H21FN2O5/c1-5-26-11-15(14-10-13(24)6-7-16(14)26)20-19(22(27)25-23(20)28)12-8-17(29-2)21(31-4)18(9-12)30-3/h6-11H,5H2,1-4H3,(H,25,27,28). The molecule has 4 rings (SSSR count). The SMILES string of the molecule is CCn1cc(C2=C(c3cc(OC)c(OC)c(OC)c3)C(=O)NC2=O)c2cc(F)ccc21. The lowest BCUT2D eigenvalue weighted by Gasteiger charge is -2.14. The van der Waals surface area contributed by atoms with Crippen LogP contribution in [0.1, 0.15) is 18.1 Å². The molecular formula is C23H21FN2O5. The van der Waals surface area contributed by atoms with Gasteiger partial charge in [0.15, 0.2) is 11.5 Å². The number of aromatic nitrogens is 1. The van der Waals surface area contributed by atoms with Crippen LogP contribution in [0.25, 0.3) is 22.0 Å². The van der Waals surface area contributed by atoms with E-state index in [9.17, 15) is 14.0 Å². The summed E-state index contributed by atoms with van der Waals surface area (Å²) < 4.78 is 32.1. The van der Waals surface area contributed by atoms with Gasteiger partial charge in [0.1, 0.15) is 5.82 Å². The van der Waals surface area contributed by atoms with Crippen LogP contribution in [0.4, 0.5) is 4.39 Å². The van der Waals surface area contributed by atoms with Gasteiger partial charge in [-0.1, -0.05) is 0 Å². The largest absolute Gasteiger partial charge is 0.493 e. The van der Waals surface area contributed by atoms with Gasteiger partial charge < -0.3 is 18.8 Å². The van der Waals surface area contributed by atoms with Crippen LogP contribution in [0.3, 0.4) is 0 Å². The van der Waals surface area contributed by atoms with E-state index >= 15 is 0 Å². The van der Waals surface area contributed by atoms with Crippen molar-refractivity contribution in [3.05, 3.63) is 53.5 Å². The third kappa shape index (κ3) is 3.20. The second-order valence-corrected chi connectivity index (χ2v) is 6.94. The molecule has 8 heteroatoms. The molecule has 0 aliphatic carbocycles. The van der Waals surface area contributed by atoms with Crippen molar-refractivity contribution in [3.63, 3.8) is 0 Å². The van der Waals surface area contributed by atoms with E-state index in [0.29, 0.717) is 40.3 Å². The number of nitrogens with zero attached hydrogens (tertiary/aromatic N) is 1. The van der Waals surface area contributed by atoms with Gasteiger partial charge in [-0.15, -0.1) is 0 Å². The van der Waals surface area contributed by atoms with Crippen molar-refractivity contribution < 1.29 is 28.2 Å². The molecule has 0 radical (unpaired) electrons. The normalized spacial score (nSPS) is 13.7. The Morgan fingerprint density at radius 2 is 1.58 bits per heavy atom. The summed E-state index contributed by atoms with van der Waals surface area (Å²) in [6, 6.07) is 7.61. The molecule has 0 atom stereocenters. The topological polar surface area (TPSA) is 78.8 Å². The molecule has 0 spiro atoms. The molecule has 1 N–H and O–H groups in total. The number of rotatable bonds is 6. The molecule has 0 unspecified atom stereocenters. The Balaban J connectivity index is 2.05. The monoisotopic (exact) mass is 424 g/mol. The number of halogens is 1. The fourth-order valence-electron chi connectivity index (χ4n) is 3.94. The van der Waals surface area contributed by atoms with Crippen molar-refractivity contribution in [2.75, 3.05) is 21.3 Å². The molecule has 1 aliphatic rings. The zero-order chi connectivity index (χ0) is 22.3. The minimum absolute atomic E-state index is 0.156. The van der Waals surface area contributed by atoms with Crippen LogP contribution in [-0.4, -0.2) is 37.7 Å². The zero-order valence-electron chi connectivity index (χ0n) is 17.5. The Bertz CT molecular complexity index is 1230. The highest BCUT2D eigenvalue weighted by Gasteiger charge is 2.35. The molecule has 0 fully saturated rings. The summed E-state index contributed by atoms with van der Waals surface area (Å²) >= 11 is 0. The van der Waals surface area contributed by atoms with Crippen molar-refractivity contribution in [1.82, 2.24) is 9.88 Å². The fraction of sp³-hybridized carbons (Fsp3) is 0.217. The predicted molar refractivity (Wildman–Crippen MR) is 114 cm³/mol. The van der Waals surface area contributed by atoms with Crippen LogP contribution in [-0.2, 0) is 16.1 Å². The second kappa shape index (κ2) is 7.79. The number of fused-ring (bicyclic) bond motifs is 1. The quantitative estimate of drug-likeness (QED) is 0.614. The highest BCUT2D eigenvalue weighted by molar-refractivity contribution is 6.50. The summed E-state index contributed by atoms with van der Waals surface area (Å²) in [6.07, 6.45) is 1.76. The molecule has 0 saturated carbocycles. The average Bonchev–Trinajstić information content (AvgIpc) is 3.27. The number of amides is 2. The molecule has 1 aromatic heterocycles. The van der Waals surface area contributed by atoms with E-state index in [-0.39, 0.29) is 11.1 Å². The van der Waals surface area contributed by atoms with E-state index in [4.69, 9.17) is 14.2 Å². The number of carbonyl (C=O) groups is 2. The van der Waals surface area contributed by atoms with E-state index in [2.05, 4.69) is 5.32 Å². The molecule has 1 aliphatic heterocycles. The van der Waals surface area contributed by atoms with Gasteiger partial charge in [0.2, 0.25) is 5.75 Å². The highest BCUT2D eigenvalue weighted by atomic mass is 19.1. The Morgan fingerprint density at radius 3 is 2.16 bits per heavy atom. The van der Waals surface area contributed by atoms with Crippen LogP contribution < -0.4 is 19.5 Å². The van der Waals surface area contributed by atoms with Crippen LogP contribution in [0.5, 0.6) is 17.2 Å². The third-order valence-corrected chi connectivity index (χ3v) is 5.34. The van der Waals surface area contributed by atoms with Gasteiger partial charge >= 0.3 is 0 Å². The predicted octanol–water partition coefficient (Wildman–Crippen LogP) is 3.39. The van der Waals surface area contributed by atoms with E-state index in [1.165, 1.54) is 33.5 Å². The van der Waals surface area contributed by atoms with Crippen LogP contribution in [0, 0.1) is 5.82 Å². The number of hydrogen-bond donors (Lipinski definition) is 1. The lowest BCUT2D eigenvalue weighted by Crippen LogP contribution is -2.22. The van der Waals surface area contributed by atoms with Gasteiger partial charge in [0.25, 0.3) is 11.8 Å². The van der Waals surface area contributed by atoms with Crippen LogP contribution >= 0.6 is 0 Å². The Kier molecular flexibility index (Phi) is 5.14. The minimum atomic E-state index is -0.553. The molecule has 7 nitrogen and oxygen atoms in total. The first-order valence-corrected chi connectivity index (χ1v) is 9.62. The number of aryl methyl sites for hydroxylation is 1. The number of benzene rings is 2. The summed E-state index contributed by atoms with van der Waals surface area (Å²) in [5, 5.41) is 2.90. The number of nitrogens with one attached hydrogen (secondary N) is 1. The number of hydrogen-bond acceptors (Lipinski definition) is 5. The lowest BCUT2D eigenvalue weighted by molar-refractivity contribution is -0.122. The number of methoxy groups -OCH3 is 3. The molecule has 2 heterocycles. The summed E-state index contributed by atoms with van der Waals surface area (Å²) in [5.74, 6) is -0.473. The van der Waals surface area contributed by atoms with Gasteiger partial charge in [-0.3, -0.25) is 14.9 Å². The number of ether oxygens (including phenoxy) is 3. The van der Waals surface area contributed by atoms with Gasteiger partial charge in [-0.05, 0) is 42.8 Å². The first-order chi connectivity index (χ1) is 14.9. The maximum Gasteiger partial charge on any atom is 0.259 e.